The van der Waals surface area contributed by atoms with E-state index < -0.39 is 0 Å². The van der Waals surface area contributed by atoms with Crippen molar-refractivity contribution in [2.75, 3.05) is 18.1 Å². The molecule has 0 aliphatic rings. The van der Waals surface area contributed by atoms with E-state index in [-0.39, 0.29) is 5.97 Å². The van der Waals surface area contributed by atoms with Crippen LogP contribution in [0.3, 0.4) is 0 Å². The minimum atomic E-state index is -0.0241. The molecule has 22 heavy (non-hydrogen) atoms. The lowest BCUT2D eigenvalue weighted by Gasteiger charge is -2.04. The van der Waals surface area contributed by atoms with Crippen LogP contribution in [-0.4, -0.2) is 24.1 Å². The standard InChI is InChI=1S/C19H38O2S/c1-3-5-7-8-9-10-11-12-13-14-17-22-18-15-19(20)21-16-6-4-2/h3-18H2,1-2H3. The molecule has 2 nitrogen and oxygen atoms in total. The Morgan fingerprint density at radius 3 is 1.86 bits per heavy atom. The summed E-state index contributed by atoms with van der Waals surface area (Å²) in [5.74, 6) is 2.09. The predicted molar refractivity (Wildman–Crippen MR) is 99.7 cm³/mol. The predicted octanol–water partition coefficient (Wildman–Crippen LogP) is 6.37. The summed E-state index contributed by atoms with van der Waals surface area (Å²) in [6, 6.07) is 0. The van der Waals surface area contributed by atoms with Crippen LogP contribution in [0.25, 0.3) is 0 Å². The van der Waals surface area contributed by atoms with E-state index in [1.54, 1.807) is 0 Å². The molecule has 0 unspecified atom stereocenters. The smallest absolute Gasteiger partial charge is 0.306 e. The first-order valence-corrected chi connectivity index (χ1v) is 10.7. The Kier molecular flexibility index (Phi) is 18.7. The summed E-state index contributed by atoms with van der Waals surface area (Å²) in [4.78, 5) is 11.4. The molecule has 0 aromatic rings. The second-order valence-electron chi connectivity index (χ2n) is 6.12. The fourth-order valence-corrected chi connectivity index (χ4v) is 3.28. The first-order chi connectivity index (χ1) is 10.8. The van der Waals surface area contributed by atoms with Crippen molar-refractivity contribution in [2.45, 2.75) is 97.3 Å². The molecule has 0 spiro atoms. The molecule has 0 saturated heterocycles. The van der Waals surface area contributed by atoms with Gasteiger partial charge in [0.25, 0.3) is 0 Å². The number of hydrogen-bond acceptors (Lipinski definition) is 3. The van der Waals surface area contributed by atoms with Gasteiger partial charge in [-0.3, -0.25) is 4.79 Å². The minimum Gasteiger partial charge on any atom is -0.466 e. The molecule has 0 aromatic heterocycles. The van der Waals surface area contributed by atoms with E-state index in [1.165, 1.54) is 70.0 Å². The summed E-state index contributed by atoms with van der Waals surface area (Å²) in [6.07, 6.45) is 16.5. The van der Waals surface area contributed by atoms with Gasteiger partial charge >= 0.3 is 5.97 Å². The van der Waals surface area contributed by atoms with Gasteiger partial charge in [0.2, 0.25) is 0 Å². The average Bonchev–Trinajstić information content (AvgIpc) is 2.52. The summed E-state index contributed by atoms with van der Waals surface area (Å²) in [5, 5.41) is 0. The minimum absolute atomic E-state index is 0.0241. The number of esters is 1. The lowest BCUT2D eigenvalue weighted by Crippen LogP contribution is -2.06. The zero-order chi connectivity index (χ0) is 16.3. The summed E-state index contributed by atoms with van der Waals surface area (Å²) < 4.78 is 5.14. The van der Waals surface area contributed by atoms with Gasteiger partial charge in [0.05, 0.1) is 13.0 Å². The molecule has 0 aliphatic carbocycles. The van der Waals surface area contributed by atoms with Crippen LogP contribution in [0.4, 0.5) is 0 Å². The van der Waals surface area contributed by atoms with Gasteiger partial charge in [-0.25, -0.2) is 0 Å². The molecule has 0 aliphatic heterocycles. The largest absolute Gasteiger partial charge is 0.466 e. The number of carbonyl (C=O) groups is 1. The Hall–Kier alpha value is -0.180. The lowest BCUT2D eigenvalue weighted by atomic mass is 10.1. The van der Waals surface area contributed by atoms with Crippen LogP contribution in [-0.2, 0) is 9.53 Å². The van der Waals surface area contributed by atoms with E-state index in [4.69, 9.17) is 4.74 Å². The average molecular weight is 331 g/mol. The van der Waals surface area contributed by atoms with Crippen molar-refractivity contribution in [3.05, 3.63) is 0 Å². The van der Waals surface area contributed by atoms with E-state index in [0.717, 1.165) is 18.6 Å². The molecule has 0 fully saturated rings. The van der Waals surface area contributed by atoms with Crippen molar-refractivity contribution in [1.82, 2.24) is 0 Å². The van der Waals surface area contributed by atoms with E-state index in [9.17, 15) is 4.79 Å². The van der Waals surface area contributed by atoms with Crippen molar-refractivity contribution in [3.8, 4) is 0 Å². The van der Waals surface area contributed by atoms with Crippen LogP contribution in [0.5, 0.6) is 0 Å². The molecule has 0 N–H and O–H groups in total. The van der Waals surface area contributed by atoms with Crippen molar-refractivity contribution >= 4 is 17.7 Å². The quantitative estimate of drug-likeness (QED) is 0.229. The van der Waals surface area contributed by atoms with Gasteiger partial charge in [0.15, 0.2) is 0 Å². The fourth-order valence-electron chi connectivity index (χ4n) is 2.35. The second kappa shape index (κ2) is 18.9. The monoisotopic (exact) mass is 330 g/mol. The topological polar surface area (TPSA) is 26.3 Å². The SMILES string of the molecule is CCCCCCCCCCCCSCCC(=O)OCCCC. The summed E-state index contributed by atoms with van der Waals surface area (Å²) in [5.41, 5.74) is 0. The third kappa shape index (κ3) is 17.9. The Morgan fingerprint density at radius 2 is 1.27 bits per heavy atom. The van der Waals surface area contributed by atoms with Crippen LogP contribution in [0.2, 0.25) is 0 Å². The molecular weight excluding hydrogens is 292 g/mol. The number of carbonyl (C=O) groups excluding carboxylic acids is 1. The van der Waals surface area contributed by atoms with Crippen molar-refractivity contribution in [1.29, 1.82) is 0 Å². The maximum atomic E-state index is 11.4. The first kappa shape index (κ1) is 21.8. The van der Waals surface area contributed by atoms with Gasteiger partial charge < -0.3 is 4.74 Å². The number of hydrogen-bond donors (Lipinski definition) is 0. The zero-order valence-electron chi connectivity index (χ0n) is 15.0. The zero-order valence-corrected chi connectivity index (χ0v) is 15.9. The van der Waals surface area contributed by atoms with Crippen molar-refractivity contribution < 1.29 is 9.53 Å². The second-order valence-corrected chi connectivity index (χ2v) is 7.34. The first-order valence-electron chi connectivity index (χ1n) is 9.54. The highest BCUT2D eigenvalue weighted by atomic mass is 32.2. The van der Waals surface area contributed by atoms with Crippen LogP contribution >= 0.6 is 11.8 Å². The maximum absolute atomic E-state index is 11.4. The van der Waals surface area contributed by atoms with Gasteiger partial charge in [0, 0.05) is 5.75 Å². The number of rotatable bonds is 17. The Labute approximate surface area is 143 Å². The molecule has 0 heterocycles. The lowest BCUT2D eigenvalue weighted by molar-refractivity contribution is -0.143. The molecule has 0 amide bonds. The Bertz CT molecular complexity index is 231. The van der Waals surface area contributed by atoms with E-state index in [1.807, 2.05) is 11.8 Å². The van der Waals surface area contributed by atoms with Gasteiger partial charge in [-0.05, 0) is 18.6 Å². The third-order valence-corrected chi connectivity index (χ3v) is 4.92. The molecule has 0 atom stereocenters. The highest BCUT2D eigenvalue weighted by molar-refractivity contribution is 7.99. The van der Waals surface area contributed by atoms with Gasteiger partial charge in [0.1, 0.15) is 0 Å². The van der Waals surface area contributed by atoms with Crippen LogP contribution in [0, 0.1) is 0 Å². The fraction of sp³-hybridized carbons (Fsp3) is 0.947. The van der Waals surface area contributed by atoms with E-state index in [2.05, 4.69) is 13.8 Å². The summed E-state index contributed by atoms with van der Waals surface area (Å²) >= 11 is 1.90. The van der Waals surface area contributed by atoms with Gasteiger partial charge in [-0.1, -0.05) is 78.1 Å². The van der Waals surface area contributed by atoms with Crippen LogP contribution in [0.15, 0.2) is 0 Å². The van der Waals surface area contributed by atoms with Gasteiger partial charge in [-0.15, -0.1) is 0 Å². The normalized spacial score (nSPS) is 10.8. The Morgan fingerprint density at radius 1 is 0.727 bits per heavy atom. The Balaban J connectivity index is 3.06. The molecule has 3 heteroatoms. The van der Waals surface area contributed by atoms with Gasteiger partial charge in [-0.2, -0.15) is 11.8 Å². The molecular formula is C19H38O2S. The molecule has 0 saturated carbocycles. The van der Waals surface area contributed by atoms with Crippen LogP contribution in [0.1, 0.15) is 97.3 Å². The highest BCUT2D eigenvalue weighted by Crippen LogP contribution is 2.13. The molecule has 0 radical (unpaired) electrons. The number of thioether (sulfide) groups is 1. The van der Waals surface area contributed by atoms with E-state index in [0.29, 0.717) is 13.0 Å². The maximum Gasteiger partial charge on any atom is 0.306 e. The molecule has 0 bridgehead atoms. The third-order valence-electron chi connectivity index (χ3n) is 3.85. The van der Waals surface area contributed by atoms with Crippen molar-refractivity contribution in [3.63, 3.8) is 0 Å². The number of ether oxygens (including phenoxy) is 1. The van der Waals surface area contributed by atoms with E-state index >= 15 is 0 Å². The van der Waals surface area contributed by atoms with Crippen molar-refractivity contribution in [2.24, 2.45) is 0 Å². The molecule has 0 aromatic carbocycles. The summed E-state index contributed by atoms with van der Waals surface area (Å²) in [6.45, 7) is 4.97. The molecule has 0 rings (SSSR count). The molecule has 132 valence electrons. The summed E-state index contributed by atoms with van der Waals surface area (Å²) in [7, 11) is 0. The number of unbranched alkanes of at least 4 members (excludes halogenated alkanes) is 10. The highest BCUT2D eigenvalue weighted by Gasteiger charge is 2.02. The van der Waals surface area contributed by atoms with Crippen LogP contribution < -0.4 is 0 Å².